The summed E-state index contributed by atoms with van der Waals surface area (Å²) in [4.78, 5) is 0. The fourth-order valence-corrected chi connectivity index (χ4v) is 10.1. The highest BCUT2D eigenvalue weighted by atomic mass is 32.1. The summed E-state index contributed by atoms with van der Waals surface area (Å²) in [6.45, 7) is 0. The summed E-state index contributed by atoms with van der Waals surface area (Å²) in [6.07, 6.45) is 0. The molecule has 0 unspecified atom stereocenters. The van der Waals surface area contributed by atoms with Gasteiger partial charge in [-0.2, -0.15) is 0 Å². The largest absolute Gasteiger partial charge is 0.135 e. The Morgan fingerprint density at radius 1 is 0.364 bits per heavy atom. The van der Waals surface area contributed by atoms with Crippen LogP contribution in [0.3, 0.4) is 0 Å². The summed E-state index contributed by atoms with van der Waals surface area (Å²) in [7, 11) is 0. The van der Waals surface area contributed by atoms with E-state index in [1.54, 1.807) is 0 Å². The molecular formula is C43H24S. The van der Waals surface area contributed by atoms with E-state index in [0.29, 0.717) is 0 Å². The van der Waals surface area contributed by atoms with Gasteiger partial charge < -0.3 is 0 Å². The lowest BCUT2D eigenvalue weighted by Gasteiger charge is -2.30. The second-order valence-electron chi connectivity index (χ2n) is 12.3. The molecule has 9 aromatic rings. The molecule has 202 valence electrons. The van der Waals surface area contributed by atoms with Gasteiger partial charge in [0.2, 0.25) is 0 Å². The van der Waals surface area contributed by atoms with Crippen molar-refractivity contribution in [1.82, 2.24) is 0 Å². The Morgan fingerprint density at radius 2 is 0.909 bits per heavy atom. The zero-order valence-corrected chi connectivity index (χ0v) is 24.6. The lowest BCUT2D eigenvalue weighted by molar-refractivity contribution is 0.797. The lowest BCUT2D eigenvalue weighted by Crippen LogP contribution is -2.26. The molecule has 0 atom stereocenters. The van der Waals surface area contributed by atoms with Gasteiger partial charge in [0.15, 0.2) is 0 Å². The Hall–Kier alpha value is -5.24. The molecule has 0 saturated heterocycles. The zero-order valence-electron chi connectivity index (χ0n) is 23.8. The third-order valence-corrected chi connectivity index (χ3v) is 11.7. The van der Waals surface area contributed by atoms with Crippen LogP contribution in [0.1, 0.15) is 22.3 Å². The van der Waals surface area contributed by atoms with Crippen LogP contribution in [0.4, 0.5) is 0 Å². The van der Waals surface area contributed by atoms with Crippen LogP contribution in [0.15, 0.2) is 146 Å². The number of thiophene rings is 1. The van der Waals surface area contributed by atoms with Crippen molar-refractivity contribution in [1.29, 1.82) is 0 Å². The van der Waals surface area contributed by atoms with E-state index < -0.39 is 0 Å². The van der Waals surface area contributed by atoms with E-state index in [-0.39, 0.29) is 5.41 Å². The molecule has 0 radical (unpaired) electrons. The smallest absolute Gasteiger partial charge is 0.0725 e. The molecule has 0 fully saturated rings. The van der Waals surface area contributed by atoms with Crippen molar-refractivity contribution in [3.63, 3.8) is 0 Å². The number of hydrogen-bond acceptors (Lipinski definition) is 1. The van der Waals surface area contributed by atoms with Crippen LogP contribution >= 0.6 is 11.3 Å². The van der Waals surface area contributed by atoms with Gasteiger partial charge in [-0.25, -0.2) is 0 Å². The van der Waals surface area contributed by atoms with Crippen LogP contribution in [0.5, 0.6) is 0 Å². The molecule has 1 heterocycles. The van der Waals surface area contributed by atoms with E-state index >= 15 is 0 Å². The van der Waals surface area contributed by atoms with E-state index in [1.807, 2.05) is 11.3 Å². The minimum atomic E-state index is -0.340. The molecule has 0 bridgehead atoms. The van der Waals surface area contributed by atoms with Gasteiger partial charge in [0, 0.05) is 20.2 Å². The number of benzene rings is 8. The Labute approximate surface area is 258 Å². The Kier molecular flexibility index (Phi) is 4.24. The topological polar surface area (TPSA) is 0 Å². The number of fused-ring (bicyclic) bond motifs is 13. The van der Waals surface area contributed by atoms with Gasteiger partial charge in [0.25, 0.3) is 0 Å². The molecular weight excluding hydrogens is 549 g/mol. The second-order valence-corrected chi connectivity index (χ2v) is 13.4. The molecule has 1 heteroatoms. The van der Waals surface area contributed by atoms with Crippen LogP contribution in [-0.4, -0.2) is 0 Å². The summed E-state index contributed by atoms with van der Waals surface area (Å²) >= 11 is 1.91. The van der Waals surface area contributed by atoms with Crippen molar-refractivity contribution < 1.29 is 0 Å². The van der Waals surface area contributed by atoms with Crippen molar-refractivity contribution in [2.45, 2.75) is 5.41 Å². The standard InChI is InChI=1S/C43H24S/c1-2-11-28-27(10-1)31-15-8-19-37-40(31)41-32(28)16-9-20-38(41)43(37)35-18-5-3-12-29(35)34-24-25(22-23-36(34)43)26-14-7-17-33-30-13-4-6-21-39(30)44-42(26)33/h1-24H. The SMILES string of the molecule is c1ccc2c(c1)-c1cc(-c3cccc4c3sc3ccccc34)ccc1C21c2cccc3c4ccccc4c4cccc1c4c23. The van der Waals surface area contributed by atoms with Crippen LogP contribution < -0.4 is 0 Å². The maximum absolute atomic E-state index is 2.47. The molecule has 8 aromatic carbocycles. The van der Waals surface area contributed by atoms with Crippen molar-refractivity contribution >= 4 is 63.8 Å². The molecule has 1 aromatic heterocycles. The summed E-state index contributed by atoms with van der Waals surface area (Å²) in [6, 6.07) is 55.0. The van der Waals surface area contributed by atoms with Crippen LogP contribution in [0.25, 0.3) is 74.7 Å². The van der Waals surface area contributed by atoms with Crippen LogP contribution in [0.2, 0.25) is 0 Å². The fourth-order valence-electron chi connectivity index (χ4n) is 8.82. The average Bonchev–Trinajstić information content (AvgIpc) is 3.72. The lowest BCUT2D eigenvalue weighted by atomic mass is 9.70. The van der Waals surface area contributed by atoms with Crippen LogP contribution in [0, 0.1) is 0 Å². The maximum atomic E-state index is 2.47. The number of rotatable bonds is 1. The summed E-state index contributed by atoms with van der Waals surface area (Å²) in [5, 5.41) is 10.9. The van der Waals surface area contributed by atoms with Gasteiger partial charge in [-0.15, -0.1) is 11.3 Å². The van der Waals surface area contributed by atoms with Gasteiger partial charge >= 0.3 is 0 Å². The van der Waals surface area contributed by atoms with Gasteiger partial charge in [-0.05, 0) is 89.0 Å². The minimum Gasteiger partial charge on any atom is -0.135 e. The monoisotopic (exact) mass is 572 g/mol. The third-order valence-electron chi connectivity index (χ3n) is 10.5. The van der Waals surface area contributed by atoms with Gasteiger partial charge in [-0.3, -0.25) is 0 Å². The predicted molar refractivity (Wildman–Crippen MR) is 188 cm³/mol. The van der Waals surface area contributed by atoms with E-state index in [2.05, 4.69) is 146 Å². The summed E-state index contributed by atoms with van der Waals surface area (Å²) in [5.74, 6) is 0. The van der Waals surface area contributed by atoms with E-state index in [0.717, 1.165) is 0 Å². The summed E-state index contributed by atoms with van der Waals surface area (Å²) in [5.41, 5.74) is 10.6. The molecule has 11 rings (SSSR count). The molecule has 2 aliphatic carbocycles. The molecule has 2 aliphatic rings. The quantitative estimate of drug-likeness (QED) is 0.172. The van der Waals surface area contributed by atoms with Crippen molar-refractivity contribution in [3.05, 3.63) is 168 Å². The first-order valence-electron chi connectivity index (χ1n) is 15.4. The van der Waals surface area contributed by atoms with Crippen molar-refractivity contribution in [3.8, 4) is 22.3 Å². The third kappa shape index (κ3) is 2.59. The molecule has 0 amide bonds. The highest BCUT2D eigenvalue weighted by Gasteiger charge is 2.50. The van der Waals surface area contributed by atoms with Gasteiger partial charge in [-0.1, -0.05) is 133 Å². The molecule has 0 N–H and O–H groups in total. The second kappa shape index (κ2) is 8.02. The number of hydrogen-bond donors (Lipinski definition) is 0. The molecule has 44 heavy (non-hydrogen) atoms. The maximum Gasteiger partial charge on any atom is 0.0725 e. The fraction of sp³-hybridized carbons (Fsp3) is 0.0233. The molecule has 0 nitrogen and oxygen atoms in total. The first-order valence-corrected chi connectivity index (χ1v) is 16.2. The van der Waals surface area contributed by atoms with Crippen LogP contribution in [-0.2, 0) is 5.41 Å². The summed E-state index contributed by atoms with van der Waals surface area (Å²) < 4.78 is 2.71. The Morgan fingerprint density at radius 3 is 1.68 bits per heavy atom. The zero-order chi connectivity index (χ0) is 28.6. The Bertz CT molecular complexity index is 2640. The normalized spacial score (nSPS) is 14.1. The van der Waals surface area contributed by atoms with E-state index in [9.17, 15) is 0 Å². The molecule has 1 spiro atoms. The van der Waals surface area contributed by atoms with Crippen molar-refractivity contribution in [2.75, 3.05) is 0 Å². The highest BCUT2D eigenvalue weighted by Crippen LogP contribution is 2.63. The van der Waals surface area contributed by atoms with Gasteiger partial charge in [0.1, 0.15) is 0 Å². The molecule has 0 saturated carbocycles. The average molecular weight is 573 g/mol. The predicted octanol–water partition coefficient (Wildman–Crippen LogP) is 11.9. The van der Waals surface area contributed by atoms with E-state index in [4.69, 9.17) is 0 Å². The van der Waals surface area contributed by atoms with Gasteiger partial charge in [0.05, 0.1) is 5.41 Å². The first kappa shape index (κ1) is 23.2. The first-order chi connectivity index (χ1) is 21.8. The molecule has 0 aliphatic heterocycles. The highest BCUT2D eigenvalue weighted by molar-refractivity contribution is 7.26. The van der Waals surface area contributed by atoms with Crippen molar-refractivity contribution in [2.24, 2.45) is 0 Å². The Balaban J connectivity index is 1.26. The van der Waals surface area contributed by atoms with E-state index in [1.165, 1.54) is 97.0 Å². The minimum absolute atomic E-state index is 0.340.